The SMILES string of the molecule is COc1cc(N(C)CCN(C)CCF)c(N)cc1Nc1ncc(Cl)c(/C(C=N)=C2\C=CC=CN2)n1. The Balaban J connectivity index is 1.87. The normalized spacial score (nSPS) is 14.0. The lowest BCUT2D eigenvalue weighted by Crippen LogP contribution is -2.32. The molecule has 0 fully saturated rings. The first-order chi connectivity index (χ1) is 16.9. The van der Waals surface area contributed by atoms with Crippen LogP contribution in [-0.2, 0) is 0 Å². The third kappa shape index (κ3) is 6.49. The summed E-state index contributed by atoms with van der Waals surface area (Å²) >= 11 is 6.37. The minimum absolute atomic E-state index is 0.270. The summed E-state index contributed by atoms with van der Waals surface area (Å²) in [5.41, 5.74) is 9.87. The molecule has 9 nitrogen and oxygen atoms in total. The van der Waals surface area contributed by atoms with Crippen LogP contribution >= 0.6 is 11.6 Å². The van der Waals surface area contributed by atoms with E-state index >= 15 is 0 Å². The molecular weight excluding hydrogens is 471 g/mol. The number of nitrogens with zero attached hydrogens (tertiary/aromatic N) is 4. The van der Waals surface area contributed by atoms with Gasteiger partial charge in [0.05, 0.1) is 41.1 Å². The fourth-order valence-electron chi connectivity index (χ4n) is 3.45. The standard InChI is InChI=1S/C24H30ClFN8O/c1-33(9-7-26)10-11-34(2)21-13-22(35-3)20(12-18(21)28)31-24-30-15-17(25)23(32-24)16(14-27)19-6-4-5-8-29-19/h4-6,8,12-15,27,29H,7,9-11,28H2,1-3H3,(H,30,31,32)/b19-16+,27-14?. The Hall–Kier alpha value is -3.63. The van der Waals surface area contributed by atoms with Crippen LogP contribution in [0.4, 0.5) is 27.4 Å². The molecule has 0 radical (unpaired) electrons. The van der Waals surface area contributed by atoms with E-state index in [0.717, 1.165) is 5.69 Å². The van der Waals surface area contributed by atoms with Crippen molar-refractivity contribution in [3.05, 3.63) is 59.2 Å². The summed E-state index contributed by atoms with van der Waals surface area (Å²) < 4.78 is 18.1. The molecule has 2 heterocycles. The number of hydrogen-bond acceptors (Lipinski definition) is 9. The van der Waals surface area contributed by atoms with Crippen LogP contribution in [0, 0.1) is 5.41 Å². The first-order valence-corrected chi connectivity index (χ1v) is 11.3. The topological polar surface area (TPSA) is 115 Å². The molecule has 0 saturated carbocycles. The van der Waals surface area contributed by atoms with E-state index in [1.807, 2.05) is 48.2 Å². The van der Waals surface area contributed by atoms with Gasteiger partial charge < -0.3 is 36.3 Å². The van der Waals surface area contributed by atoms with E-state index in [0.29, 0.717) is 58.7 Å². The van der Waals surface area contributed by atoms with Gasteiger partial charge >= 0.3 is 0 Å². The minimum atomic E-state index is -0.381. The molecule has 11 heteroatoms. The van der Waals surface area contributed by atoms with Crippen molar-refractivity contribution in [2.75, 3.05) is 63.5 Å². The second-order valence-corrected chi connectivity index (χ2v) is 8.28. The zero-order valence-corrected chi connectivity index (χ0v) is 20.7. The maximum absolute atomic E-state index is 12.5. The van der Waals surface area contributed by atoms with Gasteiger partial charge in [0, 0.05) is 56.4 Å². The van der Waals surface area contributed by atoms with E-state index in [-0.39, 0.29) is 12.6 Å². The summed E-state index contributed by atoms with van der Waals surface area (Å²) in [6, 6.07) is 3.58. The third-order valence-electron chi connectivity index (χ3n) is 5.43. The second kappa shape index (κ2) is 12.2. The Morgan fingerprint density at radius 2 is 2.09 bits per heavy atom. The second-order valence-electron chi connectivity index (χ2n) is 7.87. The van der Waals surface area contributed by atoms with Crippen molar-refractivity contribution in [3.8, 4) is 5.75 Å². The van der Waals surface area contributed by atoms with Crippen molar-refractivity contribution in [3.63, 3.8) is 0 Å². The summed E-state index contributed by atoms with van der Waals surface area (Å²) in [4.78, 5) is 12.7. The number of anilines is 4. The van der Waals surface area contributed by atoms with Gasteiger partial charge in [-0.05, 0) is 25.3 Å². The van der Waals surface area contributed by atoms with Crippen molar-refractivity contribution in [1.29, 1.82) is 5.41 Å². The zero-order chi connectivity index (χ0) is 25.4. The summed E-state index contributed by atoms with van der Waals surface area (Å²) in [5.74, 6) is 0.817. The van der Waals surface area contributed by atoms with Crippen LogP contribution < -0.4 is 26.0 Å². The first-order valence-electron chi connectivity index (χ1n) is 11.0. The number of nitrogens with two attached hydrogens (primary N) is 1. The molecule has 1 aliphatic heterocycles. The highest BCUT2D eigenvalue weighted by molar-refractivity contribution is 6.33. The maximum atomic E-state index is 12.5. The Bertz CT molecular complexity index is 1150. The number of benzene rings is 1. The minimum Gasteiger partial charge on any atom is -0.494 e. The van der Waals surface area contributed by atoms with Crippen LogP contribution in [0.2, 0.25) is 5.02 Å². The number of hydrogen-bond donors (Lipinski definition) is 4. The molecule has 1 aromatic carbocycles. The number of methoxy groups -OCH3 is 1. The number of nitrogen functional groups attached to an aromatic ring is 1. The lowest BCUT2D eigenvalue weighted by Gasteiger charge is -2.25. The predicted octanol–water partition coefficient (Wildman–Crippen LogP) is 3.84. The van der Waals surface area contributed by atoms with Crippen LogP contribution in [0.5, 0.6) is 5.75 Å². The smallest absolute Gasteiger partial charge is 0.227 e. The molecule has 0 bridgehead atoms. The zero-order valence-electron chi connectivity index (χ0n) is 20.0. The third-order valence-corrected chi connectivity index (χ3v) is 5.71. The van der Waals surface area contributed by atoms with E-state index < -0.39 is 0 Å². The Kier molecular flexibility index (Phi) is 9.04. The molecule has 35 heavy (non-hydrogen) atoms. The Labute approximate surface area is 209 Å². The van der Waals surface area contributed by atoms with Crippen LogP contribution in [0.25, 0.3) is 5.57 Å². The number of alkyl halides is 1. The molecule has 5 N–H and O–H groups in total. The maximum Gasteiger partial charge on any atom is 0.227 e. The number of halogens is 2. The Morgan fingerprint density at radius 1 is 1.29 bits per heavy atom. The first kappa shape index (κ1) is 26.0. The van der Waals surface area contributed by atoms with Crippen molar-refractivity contribution < 1.29 is 9.13 Å². The van der Waals surface area contributed by atoms with E-state index in [2.05, 4.69) is 20.6 Å². The molecule has 0 atom stereocenters. The molecule has 3 rings (SSSR count). The predicted molar refractivity (Wildman–Crippen MR) is 142 cm³/mol. The Morgan fingerprint density at radius 3 is 2.74 bits per heavy atom. The van der Waals surface area contributed by atoms with Crippen LogP contribution in [0.3, 0.4) is 0 Å². The van der Waals surface area contributed by atoms with Gasteiger partial charge in [-0.1, -0.05) is 17.7 Å². The number of rotatable bonds is 11. The van der Waals surface area contributed by atoms with Gasteiger partial charge in [0.1, 0.15) is 12.4 Å². The van der Waals surface area contributed by atoms with Gasteiger partial charge in [-0.3, -0.25) is 0 Å². The number of aromatic nitrogens is 2. The quantitative estimate of drug-likeness (QED) is 0.272. The van der Waals surface area contributed by atoms with E-state index in [1.54, 1.807) is 19.4 Å². The number of dihydropyridines is 1. The number of nitrogens with one attached hydrogen (secondary N) is 3. The van der Waals surface area contributed by atoms with Gasteiger partial charge in [0.15, 0.2) is 0 Å². The molecule has 0 aliphatic carbocycles. The van der Waals surface area contributed by atoms with Gasteiger partial charge in [-0.15, -0.1) is 0 Å². The van der Waals surface area contributed by atoms with Crippen molar-refractivity contribution in [1.82, 2.24) is 20.2 Å². The fourth-order valence-corrected chi connectivity index (χ4v) is 3.64. The van der Waals surface area contributed by atoms with Crippen LogP contribution in [0.15, 0.2) is 48.5 Å². The summed E-state index contributed by atoms with van der Waals surface area (Å²) in [7, 11) is 5.36. The summed E-state index contributed by atoms with van der Waals surface area (Å²) in [6.45, 7) is 1.36. The largest absolute Gasteiger partial charge is 0.494 e. The molecule has 186 valence electrons. The molecule has 2 aromatic rings. The molecule has 0 spiro atoms. The highest BCUT2D eigenvalue weighted by Gasteiger charge is 2.17. The summed E-state index contributed by atoms with van der Waals surface area (Å²) in [5, 5.41) is 14.4. The van der Waals surface area contributed by atoms with Gasteiger partial charge in [0.25, 0.3) is 0 Å². The summed E-state index contributed by atoms with van der Waals surface area (Å²) in [6.07, 6.45) is 9.97. The average Bonchev–Trinajstić information content (AvgIpc) is 2.86. The molecule has 0 amide bonds. The van der Waals surface area contributed by atoms with E-state index in [9.17, 15) is 4.39 Å². The molecule has 0 unspecified atom stereocenters. The lowest BCUT2D eigenvalue weighted by atomic mass is 10.1. The van der Waals surface area contributed by atoms with Crippen molar-refractivity contribution >= 4 is 46.4 Å². The lowest BCUT2D eigenvalue weighted by molar-refractivity contribution is 0.300. The van der Waals surface area contributed by atoms with Gasteiger partial charge in [-0.2, -0.15) is 0 Å². The van der Waals surface area contributed by atoms with E-state index in [1.165, 1.54) is 12.4 Å². The van der Waals surface area contributed by atoms with Crippen molar-refractivity contribution in [2.45, 2.75) is 0 Å². The average molecular weight is 501 g/mol. The molecule has 0 saturated heterocycles. The van der Waals surface area contributed by atoms with Gasteiger partial charge in [-0.25, -0.2) is 14.4 Å². The van der Waals surface area contributed by atoms with Crippen molar-refractivity contribution in [2.24, 2.45) is 0 Å². The highest BCUT2D eigenvalue weighted by atomic mass is 35.5. The number of likely N-dealkylation sites (N-methyl/N-ethyl adjacent to an activating group) is 2. The van der Waals surface area contributed by atoms with Crippen LogP contribution in [0.1, 0.15) is 5.69 Å². The van der Waals surface area contributed by atoms with Gasteiger partial charge in [0.2, 0.25) is 5.95 Å². The monoisotopic (exact) mass is 500 g/mol. The molecular formula is C24H30ClFN8O. The molecule has 1 aromatic heterocycles. The highest BCUT2D eigenvalue weighted by Crippen LogP contribution is 2.36. The number of ether oxygens (including phenoxy) is 1. The van der Waals surface area contributed by atoms with Crippen LogP contribution in [-0.4, -0.2) is 68.6 Å². The number of allylic oxidation sites excluding steroid dienone is 4. The van der Waals surface area contributed by atoms with E-state index in [4.69, 9.17) is 27.5 Å². The fraction of sp³-hybridized carbons (Fsp3) is 0.292. The molecule has 1 aliphatic rings.